The summed E-state index contributed by atoms with van der Waals surface area (Å²) in [6, 6.07) is 25.8. The zero-order valence-electron chi connectivity index (χ0n) is 20.4. The van der Waals surface area contributed by atoms with Gasteiger partial charge in [-0.3, -0.25) is 4.99 Å². The number of thioether (sulfide) groups is 2. The van der Waals surface area contributed by atoms with Gasteiger partial charge >= 0.3 is 6.18 Å². The molecule has 0 amide bonds. The van der Waals surface area contributed by atoms with Crippen LogP contribution in [0.2, 0.25) is 0 Å². The summed E-state index contributed by atoms with van der Waals surface area (Å²) in [5, 5.41) is 0. The Kier molecular flexibility index (Phi) is 9.28. The first-order valence-electron chi connectivity index (χ1n) is 11.8. The van der Waals surface area contributed by atoms with Crippen LogP contribution in [0.5, 0.6) is 0 Å². The van der Waals surface area contributed by atoms with Gasteiger partial charge in [-0.05, 0) is 67.1 Å². The minimum absolute atomic E-state index is 0.0172. The van der Waals surface area contributed by atoms with E-state index in [1.807, 2.05) is 49.4 Å². The third-order valence-electron chi connectivity index (χ3n) is 5.63. The molecule has 38 heavy (non-hydrogen) atoms. The van der Waals surface area contributed by atoms with E-state index >= 15 is 4.39 Å². The van der Waals surface area contributed by atoms with Gasteiger partial charge in [-0.2, -0.15) is 13.2 Å². The number of rotatable bonds is 9. The van der Waals surface area contributed by atoms with E-state index in [4.69, 9.17) is 0 Å². The van der Waals surface area contributed by atoms with Crippen LogP contribution in [-0.2, 0) is 11.9 Å². The lowest BCUT2D eigenvalue weighted by molar-refractivity contribution is -0.137. The standard InChI is InChI=1S/C30H24F5NS2/c1-20-7-12-24(13-8-20)36-28(26-16-9-22(17-27(26)32)30(33,34)35)18-29(37-19-21-5-3-2-4-6-21)38-25-14-10-23(31)11-15-25/h2-17,29H,18-19H2,1H3. The van der Waals surface area contributed by atoms with E-state index in [1.54, 1.807) is 36.0 Å². The average molecular weight is 558 g/mol. The fourth-order valence-corrected chi connectivity index (χ4v) is 6.13. The molecule has 0 N–H and O–H groups in total. The lowest BCUT2D eigenvalue weighted by atomic mass is 10.0. The second kappa shape index (κ2) is 12.6. The molecule has 0 heterocycles. The highest BCUT2D eigenvalue weighted by Crippen LogP contribution is 2.37. The minimum Gasteiger partial charge on any atom is -0.253 e. The smallest absolute Gasteiger partial charge is 0.253 e. The topological polar surface area (TPSA) is 12.4 Å². The molecule has 8 heteroatoms. The Hall–Kier alpha value is -3.10. The molecule has 1 unspecified atom stereocenters. The number of aliphatic imine (C=N–C) groups is 1. The van der Waals surface area contributed by atoms with Crippen LogP contribution in [0, 0.1) is 18.6 Å². The molecule has 0 spiro atoms. The van der Waals surface area contributed by atoms with Crippen LogP contribution in [0.4, 0.5) is 27.6 Å². The highest BCUT2D eigenvalue weighted by atomic mass is 32.2. The molecule has 0 saturated carbocycles. The predicted octanol–water partition coefficient (Wildman–Crippen LogP) is 9.85. The van der Waals surface area contributed by atoms with Gasteiger partial charge in [0.2, 0.25) is 0 Å². The molecule has 0 radical (unpaired) electrons. The van der Waals surface area contributed by atoms with Gasteiger partial charge in [0.25, 0.3) is 0 Å². The predicted molar refractivity (Wildman–Crippen MR) is 147 cm³/mol. The van der Waals surface area contributed by atoms with E-state index in [9.17, 15) is 17.6 Å². The van der Waals surface area contributed by atoms with Crippen molar-refractivity contribution in [2.45, 2.75) is 34.8 Å². The third kappa shape index (κ3) is 7.95. The summed E-state index contributed by atoms with van der Waals surface area (Å²) in [6.07, 6.45) is -4.39. The highest BCUT2D eigenvalue weighted by molar-refractivity contribution is 8.16. The Morgan fingerprint density at radius 3 is 2.16 bits per heavy atom. The Morgan fingerprint density at radius 2 is 1.53 bits per heavy atom. The van der Waals surface area contributed by atoms with E-state index < -0.39 is 17.6 Å². The Labute approximate surface area is 227 Å². The largest absolute Gasteiger partial charge is 0.416 e. The summed E-state index contributed by atoms with van der Waals surface area (Å²) in [4.78, 5) is 5.50. The van der Waals surface area contributed by atoms with Crippen molar-refractivity contribution >= 4 is 34.9 Å². The zero-order chi connectivity index (χ0) is 27.1. The summed E-state index contributed by atoms with van der Waals surface area (Å²) < 4.78 is 68.0. The number of benzene rings is 4. The van der Waals surface area contributed by atoms with Crippen molar-refractivity contribution in [3.05, 3.63) is 131 Å². The fraction of sp³-hybridized carbons (Fsp3) is 0.167. The van der Waals surface area contributed by atoms with Gasteiger partial charge in [0, 0.05) is 22.6 Å². The fourth-order valence-electron chi connectivity index (χ4n) is 3.64. The molecule has 196 valence electrons. The molecule has 1 nitrogen and oxygen atoms in total. The van der Waals surface area contributed by atoms with Crippen molar-refractivity contribution in [1.82, 2.24) is 0 Å². The van der Waals surface area contributed by atoms with Gasteiger partial charge in [0.05, 0.1) is 21.5 Å². The van der Waals surface area contributed by atoms with Crippen molar-refractivity contribution in [3.63, 3.8) is 0 Å². The molecule has 4 rings (SSSR count). The maximum atomic E-state index is 15.1. The lowest BCUT2D eigenvalue weighted by Crippen LogP contribution is -2.13. The van der Waals surface area contributed by atoms with Crippen molar-refractivity contribution in [1.29, 1.82) is 0 Å². The number of hydrogen-bond donors (Lipinski definition) is 0. The van der Waals surface area contributed by atoms with Crippen LogP contribution < -0.4 is 0 Å². The van der Waals surface area contributed by atoms with E-state index in [2.05, 4.69) is 4.99 Å². The van der Waals surface area contributed by atoms with Gasteiger partial charge in [-0.15, -0.1) is 23.5 Å². The summed E-state index contributed by atoms with van der Waals surface area (Å²) in [5.74, 6) is -0.673. The lowest BCUT2D eigenvalue weighted by Gasteiger charge is -2.19. The number of aryl methyl sites for hydroxylation is 1. The molecule has 0 aliphatic heterocycles. The molecule has 1 atom stereocenters. The average Bonchev–Trinajstić information content (AvgIpc) is 2.89. The molecule has 4 aromatic rings. The number of nitrogens with zero attached hydrogens (tertiary/aromatic N) is 1. The van der Waals surface area contributed by atoms with Crippen molar-refractivity contribution in [2.75, 3.05) is 0 Å². The first kappa shape index (κ1) is 27.9. The van der Waals surface area contributed by atoms with Crippen LogP contribution in [0.15, 0.2) is 107 Å². The van der Waals surface area contributed by atoms with Crippen LogP contribution >= 0.6 is 23.5 Å². The van der Waals surface area contributed by atoms with Crippen molar-refractivity contribution in [2.24, 2.45) is 4.99 Å². The third-order valence-corrected chi connectivity index (χ3v) is 8.33. The number of hydrogen-bond acceptors (Lipinski definition) is 3. The SMILES string of the molecule is Cc1ccc(N=C(CC(SCc2ccccc2)Sc2ccc(F)cc2)c2ccc(C(F)(F)F)cc2F)cc1. The second-order valence-corrected chi connectivity index (χ2v) is 11.4. The van der Waals surface area contributed by atoms with Crippen LogP contribution in [0.3, 0.4) is 0 Å². The van der Waals surface area contributed by atoms with Crippen molar-refractivity contribution in [3.8, 4) is 0 Å². The zero-order valence-corrected chi connectivity index (χ0v) is 22.0. The van der Waals surface area contributed by atoms with E-state index in [1.165, 1.54) is 23.9 Å². The van der Waals surface area contributed by atoms with Gasteiger partial charge < -0.3 is 0 Å². The molecular formula is C30H24F5NS2. The molecule has 0 fully saturated rings. The molecule has 0 saturated heterocycles. The second-order valence-electron chi connectivity index (χ2n) is 8.59. The molecule has 0 aliphatic rings. The molecule has 4 aromatic carbocycles. The highest BCUT2D eigenvalue weighted by Gasteiger charge is 2.31. The number of halogens is 5. The van der Waals surface area contributed by atoms with E-state index in [0.717, 1.165) is 28.2 Å². The van der Waals surface area contributed by atoms with Gasteiger partial charge in [0.15, 0.2) is 0 Å². The molecular weight excluding hydrogens is 533 g/mol. The minimum atomic E-state index is -4.65. The van der Waals surface area contributed by atoms with Crippen LogP contribution in [-0.4, -0.2) is 10.3 Å². The maximum absolute atomic E-state index is 15.1. The quantitative estimate of drug-likeness (QED) is 0.0879. The van der Waals surface area contributed by atoms with Gasteiger partial charge in [-0.1, -0.05) is 48.0 Å². The Morgan fingerprint density at radius 1 is 0.842 bits per heavy atom. The Balaban J connectivity index is 1.70. The van der Waals surface area contributed by atoms with Crippen molar-refractivity contribution < 1.29 is 22.0 Å². The van der Waals surface area contributed by atoms with Crippen LogP contribution in [0.1, 0.15) is 28.7 Å². The summed E-state index contributed by atoms with van der Waals surface area (Å²) in [7, 11) is 0. The van der Waals surface area contributed by atoms with E-state index in [-0.39, 0.29) is 22.4 Å². The Bertz CT molecular complexity index is 1370. The molecule has 0 bridgehead atoms. The first-order valence-corrected chi connectivity index (χ1v) is 13.7. The summed E-state index contributed by atoms with van der Waals surface area (Å²) in [5.41, 5.74) is 1.99. The maximum Gasteiger partial charge on any atom is 0.416 e. The van der Waals surface area contributed by atoms with Crippen LogP contribution in [0.25, 0.3) is 0 Å². The summed E-state index contributed by atoms with van der Waals surface area (Å²) >= 11 is 3.09. The van der Waals surface area contributed by atoms with Gasteiger partial charge in [0.1, 0.15) is 11.6 Å². The normalized spacial score (nSPS) is 12.9. The molecule has 0 aliphatic carbocycles. The molecule has 0 aromatic heterocycles. The monoisotopic (exact) mass is 557 g/mol. The first-order chi connectivity index (χ1) is 18.2. The van der Waals surface area contributed by atoms with Gasteiger partial charge in [-0.25, -0.2) is 8.78 Å². The van der Waals surface area contributed by atoms with E-state index in [0.29, 0.717) is 23.2 Å². The summed E-state index contributed by atoms with van der Waals surface area (Å²) in [6.45, 7) is 1.93. The number of alkyl halides is 3.